The lowest BCUT2D eigenvalue weighted by Gasteiger charge is -2.35. The molecule has 1 aliphatic carbocycles. The topological polar surface area (TPSA) is 99.8 Å². The van der Waals surface area contributed by atoms with Gasteiger partial charge in [-0.25, -0.2) is 9.59 Å². The summed E-state index contributed by atoms with van der Waals surface area (Å²) in [5, 5.41) is 8.27. The quantitative estimate of drug-likeness (QED) is 0.678. The number of hydrogen-bond donors (Lipinski definition) is 3. The van der Waals surface area contributed by atoms with Crippen molar-refractivity contribution < 1.29 is 19.1 Å². The molecule has 1 heterocycles. The third-order valence-corrected chi connectivity index (χ3v) is 5.35. The highest BCUT2D eigenvalue weighted by molar-refractivity contribution is 5.96. The second-order valence-electron chi connectivity index (χ2n) is 8.93. The van der Waals surface area contributed by atoms with Crippen molar-refractivity contribution in [3.8, 4) is 0 Å². The number of likely N-dealkylation sites (tertiary alicyclic amines) is 1. The number of carbonyl (C=O) groups excluding carboxylic acids is 3. The Hall–Kier alpha value is -1.83. The molecule has 1 aliphatic heterocycles. The smallest absolute Gasteiger partial charge is 0.407 e. The molecule has 2 rings (SSSR count). The fourth-order valence-electron chi connectivity index (χ4n) is 3.76. The zero-order valence-corrected chi connectivity index (χ0v) is 17.7. The van der Waals surface area contributed by atoms with Crippen LogP contribution in [0, 0.1) is 0 Å². The van der Waals surface area contributed by atoms with Crippen LogP contribution in [0.5, 0.6) is 0 Å². The minimum absolute atomic E-state index is 0.0379. The summed E-state index contributed by atoms with van der Waals surface area (Å²) < 4.78 is 5.29. The number of nitrogens with one attached hydrogen (secondary N) is 3. The van der Waals surface area contributed by atoms with E-state index in [4.69, 9.17) is 4.74 Å². The molecule has 8 heteroatoms. The molecule has 0 spiro atoms. The predicted octanol–water partition coefficient (Wildman–Crippen LogP) is 2.52. The summed E-state index contributed by atoms with van der Waals surface area (Å²) in [5.41, 5.74) is -0.518. The Balaban J connectivity index is 1.70. The predicted molar refractivity (Wildman–Crippen MR) is 107 cm³/mol. The molecule has 1 unspecified atom stereocenters. The zero-order chi connectivity index (χ0) is 20.7. The van der Waals surface area contributed by atoms with Gasteiger partial charge in [0.1, 0.15) is 5.60 Å². The SMILES string of the molecule is CC(C(=O)NC(=O)NC1CCCCC1)N1CCC(NC(=O)OC(C)(C)C)CC1. The van der Waals surface area contributed by atoms with Crippen molar-refractivity contribution in [2.75, 3.05) is 13.1 Å². The number of piperidine rings is 1. The number of alkyl carbamates (subject to hydrolysis) is 1. The molecule has 2 aliphatic rings. The highest BCUT2D eigenvalue weighted by atomic mass is 16.6. The molecule has 4 amide bonds. The van der Waals surface area contributed by atoms with Gasteiger partial charge in [-0.1, -0.05) is 19.3 Å². The van der Waals surface area contributed by atoms with Crippen LogP contribution in [0.1, 0.15) is 72.6 Å². The maximum atomic E-state index is 12.4. The Kier molecular flexibility index (Phi) is 8.10. The number of rotatable bonds is 4. The number of nitrogens with zero attached hydrogens (tertiary/aromatic N) is 1. The molecule has 2 fully saturated rings. The molecule has 0 radical (unpaired) electrons. The van der Waals surface area contributed by atoms with Crippen molar-refractivity contribution in [3.05, 3.63) is 0 Å². The summed E-state index contributed by atoms with van der Waals surface area (Å²) in [7, 11) is 0. The van der Waals surface area contributed by atoms with Crippen molar-refractivity contribution in [1.29, 1.82) is 0 Å². The normalized spacial score (nSPS) is 20.9. The first kappa shape index (κ1) is 22.5. The third kappa shape index (κ3) is 7.66. The van der Waals surface area contributed by atoms with Crippen LogP contribution in [-0.2, 0) is 9.53 Å². The largest absolute Gasteiger partial charge is 0.444 e. The average molecular weight is 397 g/mol. The van der Waals surface area contributed by atoms with Crippen molar-refractivity contribution in [3.63, 3.8) is 0 Å². The molecule has 1 saturated heterocycles. The van der Waals surface area contributed by atoms with E-state index in [2.05, 4.69) is 16.0 Å². The lowest BCUT2D eigenvalue weighted by atomic mass is 9.96. The molecule has 0 aromatic rings. The van der Waals surface area contributed by atoms with E-state index in [1.165, 1.54) is 6.42 Å². The van der Waals surface area contributed by atoms with E-state index in [0.29, 0.717) is 13.1 Å². The standard InChI is InChI=1S/C20H36N4O4/c1-14(17(25)23-18(26)21-15-8-6-5-7-9-15)24-12-10-16(11-13-24)22-19(27)28-20(2,3)4/h14-16H,5-13H2,1-4H3,(H,22,27)(H2,21,23,25,26). The van der Waals surface area contributed by atoms with E-state index < -0.39 is 17.7 Å². The summed E-state index contributed by atoms with van der Waals surface area (Å²) in [6.45, 7) is 8.67. The van der Waals surface area contributed by atoms with Gasteiger partial charge in [-0.15, -0.1) is 0 Å². The van der Waals surface area contributed by atoms with E-state index >= 15 is 0 Å². The van der Waals surface area contributed by atoms with Gasteiger partial charge in [-0.2, -0.15) is 0 Å². The summed E-state index contributed by atoms with van der Waals surface area (Å²) in [6, 6.07) is -0.577. The summed E-state index contributed by atoms with van der Waals surface area (Å²) >= 11 is 0. The molecule has 0 bridgehead atoms. The van der Waals surface area contributed by atoms with Crippen LogP contribution in [-0.4, -0.2) is 59.7 Å². The van der Waals surface area contributed by atoms with Gasteiger partial charge in [-0.3, -0.25) is 15.0 Å². The Morgan fingerprint density at radius 2 is 1.50 bits per heavy atom. The second kappa shape index (κ2) is 10.1. The highest BCUT2D eigenvalue weighted by Crippen LogP contribution is 2.17. The van der Waals surface area contributed by atoms with Crippen LogP contribution in [0.25, 0.3) is 0 Å². The van der Waals surface area contributed by atoms with Gasteiger partial charge in [0, 0.05) is 25.2 Å². The molecular formula is C20H36N4O4. The minimum Gasteiger partial charge on any atom is -0.444 e. The van der Waals surface area contributed by atoms with E-state index in [1.807, 2.05) is 32.6 Å². The van der Waals surface area contributed by atoms with Gasteiger partial charge in [0.15, 0.2) is 0 Å². The van der Waals surface area contributed by atoms with Gasteiger partial charge in [0.2, 0.25) is 5.91 Å². The minimum atomic E-state index is -0.518. The molecule has 160 valence electrons. The number of amides is 4. The van der Waals surface area contributed by atoms with E-state index in [-0.39, 0.29) is 24.0 Å². The summed E-state index contributed by atoms with van der Waals surface area (Å²) in [5.74, 6) is -0.285. The highest BCUT2D eigenvalue weighted by Gasteiger charge is 2.29. The lowest BCUT2D eigenvalue weighted by molar-refractivity contribution is -0.125. The fraction of sp³-hybridized carbons (Fsp3) is 0.850. The molecule has 3 N–H and O–H groups in total. The van der Waals surface area contributed by atoms with E-state index in [9.17, 15) is 14.4 Å². The Labute approximate surface area is 168 Å². The third-order valence-electron chi connectivity index (χ3n) is 5.35. The monoisotopic (exact) mass is 396 g/mol. The van der Waals surface area contributed by atoms with Gasteiger partial charge in [0.25, 0.3) is 0 Å². The molecule has 8 nitrogen and oxygen atoms in total. The number of imide groups is 1. The molecule has 0 aromatic carbocycles. The number of carbonyl (C=O) groups is 3. The molecule has 1 saturated carbocycles. The average Bonchev–Trinajstić information content (AvgIpc) is 2.60. The Morgan fingerprint density at radius 1 is 0.929 bits per heavy atom. The van der Waals surface area contributed by atoms with Gasteiger partial charge < -0.3 is 15.4 Å². The maximum absolute atomic E-state index is 12.4. The zero-order valence-electron chi connectivity index (χ0n) is 17.7. The molecule has 0 aromatic heterocycles. The summed E-state index contributed by atoms with van der Waals surface area (Å²) in [6.07, 6.45) is 6.51. The molecule has 28 heavy (non-hydrogen) atoms. The van der Waals surface area contributed by atoms with E-state index in [0.717, 1.165) is 38.5 Å². The first-order valence-electron chi connectivity index (χ1n) is 10.5. The van der Waals surface area contributed by atoms with Gasteiger partial charge >= 0.3 is 12.1 Å². The van der Waals surface area contributed by atoms with Crippen molar-refractivity contribution >= 4 is 18.0 Å². The van der Waals surface area contributed by atoms with Crippen LogP contribution >= 0.6 is 0 Å². The van der Waals surface area contributed by atoms with Crippen LogP contribution in [0.15, 0.2) is 0 Å². The first-order valence-corrected chi connectivity index (χ1v) is 10.5. The van der Waals surface area contributed by atoms with Gasteiger partial charge in [0.05, 0.1) is 6.04 Å². The Bertz CT molecular complexity index is 547. The number of urea groups is 1. The number of hydrogen-bond acceptors (Lipinski definition) is 5. The summed E-state index contributed by atoms with van der Waals surface area (Å²) in [4.78, 5) is 38.4. The molecular weight excluding hydrogens is 360 g/mol. The Morgan fingerprint density at radius 3 is 2.07 bits per heavy atom. The first-order chi connectivity index (χ1) is 13.1. The van der Waals surface area contributed by atoms with E-state index in [1.54, 1.807) is 0 Å². The van der Waals surface area contributed by atoms with Gasteiger partial charge in [-0.05, 0) is 53.4 Å². The van der Waals surface area contributed by atoms with Crippen LogP contribution in [0.3, 0.4) is 0 Å². The van der Waals surface area contributed by atoms with Crippen LogP contribution < -0.4 is 16.0 Å². The van der Waals surface area contributed by atoms with Crippen LogP contribution in [0.2, 0.25) is 0 Å². The van der Waals surface area contributed by atoms with Crippen molar-refractivity contribution in [2.45, 2.75) is 96.4 Å². The van der Waals surface area contributed by atoms with Crippen LogP contribution in [0.4, 0.5) is 9.59 Å². The molecule has 1 atom stereocenters. The lowest BCUT2D eigenvalue weighted by Crippen LogP contribution is -2.54. The second-order valence-corrected chi connectivity index (χ2v) is 8.93. The number of ether oxygens (including phenoxy) is 1. The van der Waals surface area contributed by atoms with Crippen molar-refractivity contribution in [1.82, 2.24) is 20.9 Å². The fourth-order valence-corrected chi connectivity index (χ4v) is 3.76. The van der Waals surface area contributed by atoms with Crippen molar-refractivity contribution in [2.24, 2.45) is 0 Å². The maximum Gasteiger partial charge on any atom is 0.407 e.